The van der Waals surface area contributed by atoms with Crippen molar-refractivity contribution in [3.05, 3.63) is 71.1 Å². The molecule has 0 aliphatic carbocycles. The third-order valence-electron chi connectivity index (χ3n) is 5.89. The fraction of sp³-hybridized carbons (Fsp3) is 0.320. The molecule has 8 heteroatoms. The second-order valence-electron chi connectivity index (χ2n) is 8.08. The number of aliphatic hydroxyl groups excluding tert-OH is 1. The van der Waals surface area contributed by atoms with Gasteiger partial charge in [-0.2, -0.15) is 5.10 Å². The lowest BCUT2D eigenvalue weighted by Gasteiger charge is -2.36. The maximum Gasteiger partial charge on any atom is 0.258 e. The van der Waals surface area contributed by atoms with Gasteiger partial charge in [0.15, 0.2) is 5.84 Å². The highest BCUT2D eigenvalue weighted by Crippen LogP contribution is 2.39. The van der Waals surface area contributed by atoms with E-state index in [1.54, 1.807) is 17.9 Å². The van der Waals surface area contributed by atoms with Gasteiger partial charge in [0.05, 0.1) is 5.69 Å². The minimum Gasteiger partial charge on any atom is -0.388 e. The van der Waals surface area contributed by atoms with Crippen LogP contribution in [0.25, 0.3) is 0 Å². The zero-order chi connectivity index (χ0) is 24.3. The maximum atomic E-state index is 15.2. The number of aliphatic hydroxyl groups is 1. The number of carbonyl (C=O) groups excluding carboxylic acids is 2. The lowest BCUT2D eigenvalue weighted by molar-refractivity contribution is -0.114. The number of para-hydroxylation sites is 1. The monoisotopic (exact) mass is 452 g/mol. The number of rotatable bonds is 7. The molecule has 0 radical (unpaired) electrons. The molecule has 1 aliphatic rings. The third kappa shape index (κ3) is 4.66. The summed E-state index contributed by atoms with van der Waals surface area (Å²) in [5.41, 5.74) is 3.66. The van der Waals surface area contributed by atoms with Crippen LogP contribution < -0.4 is 9.91 Å². The van der Waals surface area contributed by atoms with Crippen LogP contribution in [0.4, 0.5) is 15.8 Å². The number of amidine groups is 1. The molecular weight excluding hydrogens is 423 g/mol. The number of nitrogens with zero attached hydrogens (tertiary/aromatic N) is 4. The Bertz CT molecular complexity index is 1110. The molecule has 3 rings (SSSR count). The summed E-state index contributed by atoms with van der Waals surface area (Å²) in [6.07, 6.45) is 0.558. The zero-order valence-electron chi connectivity index (χ0n) is 19.4. The van der Waals surface area contributed by atoms with Gasteiger partial charge >= 0.3 is 0 Å². The maximum absolute atomic E-state index is 15.2. The number of fused-ring (bicyclic) bond motifs is 1. The van der Waals surface area contributed by atoms with Crippen molar-refractivity contribution in [3.8, 4) is 0 Å². The quantitative estimate of drug-likeness (QED) is 0.229. The van der Waals surface area contributed by atoms with Gasteiger partial charge in [0, 0.05) is 37.3 Å². The molecule has 2 amide bonds. The fourth-order valence-corrected chi connectivity index (χ4v) is 4.03. The van der Waals surface area contributed by atoms with E-state index >= 15 is 4.39 Å². The average Bonchev–Trinajstić information content (AvgIpc) is 2.79. The van der Waals surface area contributed by atoms with E-state index in [2.05, 4.69) is 11.7 Å². The summed E-state index contributed by atoms with van der Waals surface area (Å²) in [5, 5.41) is 15.1. The molecule has 1 N–H and O–H groups in total. The predicted molar refractivity (Wildman–Crippen MR) is 128 cm³/mol. The number of aryl methyl sites for hydroxylation is 1. The van der Waals surface area contributed by atoms with E-state index in [1.165, 1.54) is 23.0 Å². The van der Waals surface area contributed by atoms with Crippen molar-refractivity contribution in [2.75, 3.05) is 36.7 Å². The molecule has 7 nitrogen and oxygen atoms in total. The van der Waals surface area contributed by atoms with Crippen LogP contribution in [0.15, 0.2) is 53.7 Å². The van der Waals surface area contributed by atoms with Crippen LogP contribution in [0.1, 0.15) is 41.3 Å². The predicted octanol–water partition coefficient (Wildman–Crippen LogP) is 3.67. The number of benzene rings is 2. The van der Waals surface area contributed by atoms with Crippen LogP contribution in [-0.4, -0.2) is 54.9 Å². The summed E-state index contributed by atoms with van der Waals surface area (Å²) in [4.78, 5) is 27.5. The molecule has 174 valence electrons. The highest BCUT2D eigenvalue weighted by molar-refractivity contribution is 6.09. The number of carbonyl (C=O) groups is 2. The molecule has 33 heavy (non-hydrogen) atoms. The second kappa shape index (κ2) is 9.95. The zero-order valence-corrected chi connectivity index (χ0v) is 19.4. The van der Waals surface area contributed by atoms with E-state index < -0.39 is 12.4 Å². The number of amides is 2. The summed E-state index contributed by atoms with van der Waals surface area (Å²) in [7, 11) is 1.53. The van der Waals surface area contributed by atoms with Gasteiger partial charge in [0.1, 0.15) is 12.4 Å². The van der Waals surface area contributed by atoms with Gasteiger partial charge in [-0.05, 0) is 50.1 Å². The van der Waals surface area contributed by atoms with Crippen LogP contribution in [0.5, 0.6) is 0 Å². The van der Waals surface area contributed by atoms with Gasteiger partial charge in [0.2, 0.25) is 6.41 Å². The minimum absolute atomic E-state index is 0.0883. The first-order valence-corrected chi connectivity index (χ1v) is 10.7. The number of hydrogen-bond donors (Lipinski definition) is 1. The van der Waals surface area contributed by atoms with Crippen molar-refractivity contribution < 1.29 is 19.1 Å². The topological polar surface area (TPSA) is 76.5 Å². The SMILES string of the molecule is C=C(C)C1CN(c2ccccc2C)C(=O)c2cc(F)c(N(C)/N=C(/CO)N(C=O)CC)cc21. The Balaban J connectivity index is 2.09. The Labute approximate surface area is 193 Å². The highest BCUT2D eigenvalue weighted by Gasteiger charge is 2.34. The van der Waals surface area contributed by atoms with Crippen molar-refractivity contribution in [2.45, 2.75) is 26.7 Å². The smallest absolute Gasteiger partial charge is 0.258 e. The van der Waals surface area contributed by atoms with E-state index in [0.717, 1.165) is 16.8 Å². The first-order chi connectivity index (χ1) is 15.7. The standard InChI is InChI=1S/C25H29FN4O3/c1-6-29(15-32)24(14-31)27-28(5)23-12-18-19(11-21(23)26)25(33)30(13-20(18)16(2)3)22-10-8-7-9-17(22)4/h7-12,15,20,31H,2,6,13-14H2,1,3-5H3/b27-24-. The van der Waals surface area contributed by atoms with Crippen molar-refractivity contribution in [1.29, 1.82) is 0 Å². The summed E-state index contributed by atoms with van der Waals surface area (Å²) in [6.45, 7) is 9.88. The minimum atomic E-state index is -0.633. The Morgan fingerprint density at radius 2 is 2.06 bits per heavy atom. The molecule has 0 saturated heterocycles. The van der Waals surface area contributed by atoms with Gasteiger partial charge in [0.25, 0.3) is 5.91 Å². The lowest BCUT2D eigenvalue weighted by atomic mass is 9.84. The van der Waals surface area contributed by atoms with E-state index in [4.69, 9.17) is 0 Å². The second-order valence-corrected chi connectivity index (χ2v) is 8.08. The molecule has 1 aliphatic heterocycles. The Kier molecular flexibility index (Phi) is 7.28. The number of likely N-dealkylation sites (N-methyl/N-ethyl adjacent to an activating group) is 1. The van der Waals surface area contributed by atoms with E-state index in [9.17, 15) is 14.7 Å². The molecule has 1 atom stereocenters. The molecule has 0 fully saturated rings. The van der Waals surface area contributed by atoms with Crippen molar-refractivity contribution in [1.82, 2.24) is 4.90 Å². The molecule has 1 unspecified atom stereocenters. The van der Waals surface area contributed by atoms with Crippen molar-refractivity contribution in [2.24, 2.45) is 5.10 Å². The molecule has 0 saturated carbocycles. The Morgan fingerprint density at radius 3 is 2.64 bits per heavy atom. The van der Waals surface area contributed by atoms with Crippen LogP contribution in [-0.2, 0) is 4.79 Å². The molecule has 2 aromatic carbocycles. The van der Waals surface area contributed by atoms with Gasteiger partial charge in [-0.3, -0.25) is 19.5 Å². The normalized spacial score (nSPS) is 15.8. The highest BCUT2D eigenvalue weighted by atomic mass is 19.1. The fourth-order valence-electron chi connectivity index (χ4n) is 4.03. The van der Waals surface area contributed by atoms with Crippen LogP contribution >= 0.6 is 0 Å². The molecule has 0 spiro atoms. The number of hydrogen-bond acceptors (Lipinski definition) is 5. The van der Waals surface area contributed by atoms with Gasteiger partial charge < -0.3 is 10.0 Å². The van der Waals surface area contributed by atoms with E-state index in [1.807, 2.05) is 38.1 Å². The summed E-state index contributed by atoms with van der Waals surface area (Å²) < 4.78 is 15.2. The number of halogens is 1. The molecule has 1 heterocycles. The average molecular weight is 453 g/mol. The van der Waals surface area contributed by atoms with E-state index in [-0.39, 0.29) is 28.9 Å². The van der Waals surface area contributed by atoms with Crippen LogP contribution in [0, 0.1) is 12.7 Å². The van der Waals surface area contributed by atoms with Gasteiger partial charge in [-0.15, -0.1) is 0 Å². The summed E-state index contributed by atoms with van der Waals surface area (Å²) in [5.74, 6) is -1.02. The lowest BCUT2D eigenvalue weighted by Crippen LogP contribution is -2.41. The van der Waals surface area contributed by atoms with E-state index in [0.29, 0.717) is 25.1 Å². The number of anilines is 2. The molecule has 2 aromatic rings. The Morgan fingerprint density at radius 1 is 1.36 bits per heavy atom. The van der Waals surface area contributed by atoms with Crippen LogP contribution in [0.2, 0.25) is 0 Å². The largest absolute Gasteiger partial charge is 0.388 e. The molecule has 0 aromatic heterocycles. The van der Waals surface area contributed by atoms with Crippen molar-refractivity contribution in [3.63, 3.8) is 0 Å². The first kappa shape index (κ1) is 24.1. The van der Waals surface area contributed by atoms with Crippen LogP contribution in [0.3, 0.4) is 0 Å². The third-order valence-corrected chi connectivity index (χ3v) is 5.89. The van der Waals surface area contributed by atoms with Gasteiger partial charge in [-0.1, -0.05) is 30.4 Å². The van der Waals surface area contributed by atoms with Crippen molar-refractivity contribution >= 4 is 29.5 Å². The first-order valence-electron chi connectivity index (χ1n) is 10.7. The van der Waals surface area contributed by atoms with Gasteiger partial charge in [-0.25, -0.2) is 4.39 Å². The summed E-state index contributed by atoms with van der Waals surface area (Å²) in [6, 6.07) is 10.4. The Hall–Kier alpha value is -3.52. The number of hydrazone groups is 1. The molecular formula is C25H29FN4O3. The molecule has 0 bridgehead atoms. The summed E-state index contributed by atoms with van der Waals surface area (Å²) >= 11 is 0.